The number of ether oxygens (including phenoxy) is 1. The second kappa shape index (κ2) is 5.85. The van der Waals surface area contributed by atoms with E-state index in [0.29, 0.717) is 5.56 Å². The first-order valence-corrected chi connectivity index (χ1v) is 6.77. The van der Waals surface area contributed by atoms with Crippen molar-refractivity contribution < 1.29 is 23.4 Å². The van der Waals surface area contributed by atoms with E-state index in [4.69, 9.17) is 4.74 Å². The van der Waals surface area contributed by atoms with E-state index >= 15 is 0 Å². The predicted octanol–water partition coefficient (Wildman–Crippen LogP) is 2.21. The molecule has 0 amide bonds. The molecule has 0 radical (unpaired) electrons. The minimum atomic E-state index is -2.32. The van der Waals surface area contributed by atoms with Gasteiger partial charge in [0.2, 0.25) is 0 Å². The van der Waals surface area contributed by atoms with Crippen LogP contribution in [0.3, 0.4) is 0 Å². The van der Waals surface area contributed by atoms with Crippen LogP contribution < -0.4 is 4.74 Å². The fraction of sp³-hybridized carbons (Fsp3) is 0.0714. The van der Waals surface area contributed by atoms with E-state index in [1.165, 1.54) is 13.2 Å². The number of hydrogen-bond acceptors (Lipinski definition) is 4. The summed E-state index contributed by atoms with van der Waals surface area (Å²) in [5, 5.41) is 9.88. The molecule has 0 spiro atoms. The molecule has 2 aromatic rings. The summed E-state index contributed by atoms with van der Waals surface area (Å²) in [6.07, 6.45) is 0. The van der Waals surface area contributed by atoms with Crippen LogP contribution in [0.2, 0.25) is 0 Å². The zero-order valence-electron chi connectivity index (χ0n) is 10.6. The van der Waals surface area contributed by atoms with Gasteiger partial charge >= 0.3 is 0 Å². The number of benzene rings is 2. The topological polar surface area (TPSA) is 83.8 Å². The smallest absolute Gasteiger partial charge is 0.196 e. The fourth-order valence-corrected chi connectivity index (χ4v) is 2.31. The van der Waals surface area contributed by atoms with Crippen LogP contribution in [0.4, 0.5) is 0 Å². The normalized spacial score (nSPS) is 11.9. The Hall–Kier alpha value is -2.18. The van der Waals surface area contributed by atoms with Crippen molar-refractivity contribution in [2.45, 2.75) is 4.90 Å². The number of carbonyl (C=O) groups is 1. The Morgan fingerprint density at radius 1 is 1.20 bits per heavy atom. The van der Waals surface area contributed by atoms with Crippen molar-refractivity contribution >= 4 is 16.9 Å². The Balaban J connectivity index is 2.55. The van der Waals surface area contributed by atoms with Crippen molar-refractivity contribution in [1.29, 1.82) is 0 Å². The summed E-state index contributed by atoms with van der Waals surface area (Å²) in [5.41, 5.74) is 0.331. The third-order valence-corrected chi connectivity index (χ3v) is 3.45. The number of phenols is 1. The summed E-state index contributed by atoms with van der Waals surface area (Å²) >= 11 is -2.32. The molecule has 2 rings (SSSR count). The third-order valence-electron chi connectivity index (χ3n) is 2.75. The molecular formula is C14H12O5S. The van der Waals surface area contributed by atoms with Gasteiger partial charge < -0.3 is 14.4 Å². The van der Waals surface area contributed by atoms with Crippen LogP contribution in [0.15, 0.2) is 47.4 Å². The van der Waals surface area contributed by atoms with Gasteiger partial charge in [-0.2, -0.15) is 0 Å². The van der Waals surface area contributed by atoms with Gasteiger partial charge in [-0.05, 0) is 6.07 Å². The molecule has 0 heterocycles. The Kier molecular flexibility index (Phi) is 4.16. The number of ketones is 1. The van der Waals surface area contributed by atoms with Crippen LogP contribution in [0.25, 0.3) is 0 Å². The molecule has 104 valence electrons. The molecule has 1 unspecified atom stereocenters. The van der Waals surface area contributed by atoms with Crippen molar-refractivity contribution in [2.24, 2.45) is 0 Å². The van der Waals surface area contributed by atoms with E-state index < -0.39 is 16.9 Å². The lowest BCUT2D eigenvalue weighted by atomic mass is 10.0. The average molecular weight is 292 g/mol. The lowest BCUT2D eigenvalue weighted by Gasteiger charge is -2.10. The van der Waals surface area contributed by atoms with Crippen molar-refractivity contribution in [3.63, 3.8) is 0 Å². The second-order valence-electron chi connectivity index (χ2n) is 3.96. The summed E-state index contributed by atoms with van der Waals surface area (Å²) in [6, 6.07) is 10.7. The highest BCUT2D eigenvalue weighted by atomic mass is 32.2. The van der Waals surface area contributed by atoms with E-state index in [9.17, 15) is 18.7 Å². The first kappa shape index (κ1) is 14.2. The number of phenolic OH excluding ortho intramolecular Hbond substituents is 1. The van der Waals surface area contributed by atoms with Gasteiger partial charge in [0.1, 0.15) is 16.4 Å². The van der Waals surface area contributed by atoms with Gasteiger partial charge in [-0.15, -0.1) is 0 Å². The zero-order valence-corrected chi connectivity index (χ0v) is 11.4. The molecule has 0 bridgehead atoms. The first-order chi connectivity index (χ1) is 9.54. The predicted molar refractivity (Wildman–Crippen MR) is 73.6 cm³/mol. The quantitative estimate of drug-likeness (QED) is 0.666. The van der Waals surface area contributed by atoms with Crippen molar-refractivity contribution in [1.82, 2.24) is 0 Å². The molecule has 5 nitrogen and oxygen atoms in total. The van der Waals surface area contributed by atoms with Gasteiger partial charge in [-0.1, -0.05) is 30.3 Å². The average Bonchev–Trinajstić information content (AvgIpc) is 2.46. The van der Waals surface area contributed by atoms with Crippen LogP contribution in [0, 0.1) is 0 Å². The van der Waals surface area contributed by atoms with E-state index in [-0.39, 0.29) is 22.0 Å². The maximum Gasteiger partial charge on any atom is 0.196 e. The molecule has 0 saturated heterocycles. The Morgan fingerprint density at radius 3 is 2.40 bits per heavy atom. The van der Waals surface area contributed by atoms with E-state index in [1.807, 2.05) is 0 Å². The highest BCUT2D eigenvalue weighted by molar-refractivity contribution is 7.79. The molecule has 2 N–H and O–H groups in total. The lowest BCUT2D eigenvalue weighted by molar-refractivity contribution is 0.103. The van der Waals surface area contributed by atoms with E-state index in [2.05, 4.69) is 0 Å². The lowest BCUT2D eigenvalue weighted by Crippen LogP contribution is -2.04. The number of rotatable bonds is 4. The highest BCUT2D eigenvalue weighted by Gasteiger charge is 2.19. The molecule has 0 aliphatic rings. The molecule has 0 aliphatic heterocycles. The summed E-state index contributed by atoms with van der Waals surface area (Å²) in [4.78, 5) is 12.2. The van der Waals surface area contributed by atoms with Crippen LogP contribution >= 0.6 is 0 Å². The summed E-state index contributed by atoms with van der Waals surface area (Å²) in [5.74, 6) is -0.685. The Morgan fingerprint density at radius 2 is 1.85 bits per heavy atom. The minimum Gasteiger partial charge on any atom is -0.507 e. The van der Waals surface area contributed by atoms with Crippen LogP contribution in [-0.4, -0.2) is 26.8 Å². The zero-order chi connectivity index (χ0) is 14.7. The van der Waals surface area contributed by atoms with E-state index in [0.717, 1.165) is 6.07 Å². The molecule has 2 aromatic carbocycles. The monoisotopic (exact) mass is 292 g/mol. The first-order valence-electron chi connectivity index (χ1n) is 5.66. The Bertz CT molecular complexity index is 667. The largest absolute Gasteiger partial charge is 0.507 e. The molecule has 0 fully saturated rings. The maximum absolute atomic E-state index is 12.3. The second-order valence-corrected chi connectivity index (χ2v) is 4.90. The molecule has 6 heteroatoms. The maximum atomic E-state index is 12.3. The number of hydrogen-bond donors (Lipinski definition) is 2. The summed E-state index contributed by atoms with van der Waals surface area (Å²) in [6.45, 7) is 0. The van der Waals surface area contributed by atoms with Crippen molar-refractivity contribution in [3.05, 3.63) is 53.6 Å². The van der Waals surface area contributed by atoms with Gasteiger partial charge in [0, 0.05) is 11.6 Å². The van der Waals surface area contributed by atoms with E-state index in [1.54, 1.807) is 30.3 Å². The summed E-state index contributed by atoms with van der Waals surface area (Å²) in [7, 11) is 1.31. The van der Waals surface area contributed by atoms with Crippen molar-refractivity contribution in [2.75, 3.05) is 7.11 Å². The number of carbonyl (C=O) groups excluding carboxylic acids is 1. The minimum absolute atomic E-state index is 0.0469. The SMILES string of the molecule is COc1cc(O)c(C(=O)c2ccccc2)cc1S(=O)O. The van der Waals surface area contributed by atoms with Crippen LogP contribution in [-0.2, 0) is 11.1 Å². The molecule has 0 aliphatic carbocycles. The van der Waals surface area contributed by atoms with Crippen LogP contribution in [0.1, 0.15) is 15.9 Å². The molecule has 0 aromatic heterocycles. The van der Waals surface area contributed by atoms with Gasteiger partial charge in [0.05, 0.1) is 12.7 Å². The molecular weight excluding hydrogens is 280 g/mol. The molecule has 20 heavy (non-hydrogen) atoms. The third kappa shape index (κ3) is 2.71. The Labute approximate surface area is 118 Å². The summed E-state index contributed by atoms with van der Waals surface area (Å²) < 4.78 is 25.3. The van der Waals surface area contributed by atoms with Crippen LogP contribution in [0.5, 0.6) is 11.5 Å². The molecule has 0 saturated carbocycles. The van der Waals surface area contributed by atoms with Gasteiger partial charge in [0.15, 0.2) is 16.9 Å². The standard InChI is InChI=1S/C14H12O5S/c1-19-12-8-11(15)10(7-13(12)20(17)18)14(16)9-5-3-2-4-6-9/h2-8,15H,1H3,(H,17,18). The van der Waals surface area contributed by atoms with Crippen molar-refractivity contribution in [3.8, 4) is 11.5 Å². The van der Waals surface area contributed by atoms with Gasteiger partial charge in [-0.3, -0.25) is 4.79 Å². The fourth-order valence-electron chi connectivity index (χ4n) is 1.77. The number of aromatic hydroxyl groups is 1. The van der Waals surface area contributed by atoms with Gasteiger partial charge in [-0.25, -0.2) is 4.21 Å². The molecule has 1 atom stereocenters. The van der Waals surface area contributed by atoms with Gasteiger partial charge in [0.25, 0.3) is 0 Å². The highest BCUT2D eigenvalue weighted by Crippen LogP contribution is 2.31. The number of methoxy groups -OCH3 is 1.